The molecule has 182 valence electrons. The number of ether oxygens (including phenoxy) is 3. The van der Waals surface area contributed by atoms with Crippen molar-refractivity contribution in [3.05, 3.63) is 54.1 Å². The SMILES string of the molecule is CCOC(=O)C(C)(Cc1ccccc1OCCN(CC)CC)S(=O)(=O)c1ccc(OC)cc1. The predicted molar refractivity (Wildman–Crippen MR) is 129 cm³/mol. The monoisotopic (exact) mass is 477 g/mol. The molecule has 2 rings (SSSR count). The molecule has 33 heavy (non-hydrogen) atoms. The van der Waals surface area contributed by atoms with E-state index in [1.165, 1.54) is 26.2 Å². The Labute approximate surface area is 197 Å². The zero-order chi connectivity index (χ0) is 24.5. The number of hydrogen-bond acceptors (Lipinski definition) is 7. The van der Waals surface area contributed by atoms with Crippen molar-refractivity contribution in [1.82, 2.24) is 4.90 Å². The van der Waals surface area contributed by atoms with Crippen molar-refractivity contribution in [1.29, 1.82) is 0 Å². The molecule has 0 aliphatic carbocycles. The lowest BCUT2D eigenvalue weighted by Gasteiger charge is -2.28. The van der Waals surface area contributed by atoms with Crippen LogP contribution in [-0.2, 0) is 25.8 Å². The maximum absolute atomic E-state index is 13.7. The average molecular weight is 478 g/mol. The summed E-state index contributed by atoms with van der Waals surface area (Å²) < 4.78 is 41.9. The second-order valence-corrected chi connectivity index (χ2v) is 10.2. The van der Waals surface area contributed by atoms with Crippen LogP contribution >= 0.6 is 0 Å². The summed E-state index contributed by atoms with van der Waals surface area (Å²) in [5.74, 6) is 0.294. The number of nitrogens with zero attached hydrogens (tertiary/aromatic N) is 1. The molecular formula is C25H35NO6S. The van der Waals surface area contributed by atoms with E-state index in [1.54, 1.807) is 37.3 Å². The fourth-order valence-electron chi connectivity index (χ4n) is 3.55. The molecule has 0 saturated carbocycles. The minimum atomic E-state index is -4.10. The lowest BCUT2D eigenvalue weighted by molar-refractivity contribution is -0.145. The van der Waals surface area contributed by atoms with Crippen LogP contribution in [0.15, 0.2) is 53.4 Å². The molecule has 0 bridgehead atoms. The van der Waals surface area contributed by atoms with Gasteiger partial charge in [0.15, 0.2) is 14.6 Å². The maximum Gasteiger partial charge on any atom is 0.327 e. The number of para-hydroxylation sites is 1. The quantitative estimate of drug-likeness (QED) is 0.406. The van der Waals surface area contributed by atoms with Crippen LogP contribution in [0.1, 0.15) is 33.3 Å². The van der Waals surface area contributed by atoms with Gasteiger partial charge in [0.05, 0.1) is 18.6 Å². The number of methoxy groups -OCH3 is 1. The van der Waals surface area contributed by atoms with Crippen molar-refractivity contribution in [3.63, 3.8) is 0 Å². The highest BCUT2D eigenvalue weighted by atomic mass is 32.2. The van der Waals surface area contributed by atoms with E-state index in [-0.39, 0.29) is 17.9 Å². The number of benzene rings is 2. The first-order valence-corrected chi connectivity index (χ1v) is 12.7. The smallest absolute Gasteiger partial charge is 0.327 e. The second-order valence-electron chi connectivity index (χ2n) is 7.79. The van der Waals surface area contributed by atoms with Gasteiger partial charge < -0.3 is 19.1 Å². The Hall–Kier alpha value is -2.58. The molecule has 0 heterocycles. The van der Waals surface area contributed by atoms with Crippen molar-refractivity contribution in [2.75, 3.05) is 40.0 Å². The number of rotatable bonds is 13. The lowest BCUT2D eigenvalue weighted by atomic mass is 9.99. The third-order valence-corrected chi connectivity index (χ3v) is 8.12. The van der Waals surface area contributed by atoms with Crippen LogP contribution in [0.5, 0.6) is 11.5 Å². The van der Waals surface area contributed by atoms with Gasteiger partial charge in [-0.25, -0.2) is 8.42 Å². The highest BCUT2D eigenvalue weighted by Gasteiger charge is 2.49. The summed E-state index contributed by atoms with van der Waals surface area (Å²) >= 11 is 0. The molecule has 0 radical (unpaired) electrons. The first-order valence-electron chi connectivity index (χ1n) is 11.2. The largest absolute Gasteiger partial charge is 0.497 e. The van der Waals surface area contributed by atoms with Gasteiger partial charge in [0.2, 0.25) is 0 Å². The normalized spacial score (nSPS) is 13.4. The average Bonchev–Trinajstić information content (AvgIpc) is 2.82. The second kappa shape index (κ2) is 12.0. The summed E-state index contributed by atoms with van der Waals surface area (Å²) in [6, 6.07) is 13.2. The minimum Gasteiger partial charge on any atom is -0.497 e. The Morgan fingerprint density at radius 1 is 1.00 bits per heavy atom. The van der Waals surface area contributed by atoms with Crippen molar-refractivity contribution >= 4 is 15.8 Å². The molecule has 1 unspecified atom stereocenters. The van der Waals surface area contributed by atoms with Gasteiger partial charge in [-0.2, -0.15) is 0 Å². The van der Waals surface area contributed by atoms with E-state index in [2.05, 4.69) is 18.7 Å². The third-order valence-electron chi connectivity index (χ3n) is 5.73. The minimum absolute atomic E-state index is 0.0267. The molecule has 1 atom stereocenters. The zero-order valence-electron chi connectivity index (χ0n) is 20.2. The lowest BCUT2D eigenvalue weighted by Crippen LogP contribution is -2.47. The third kappa shape index (κ3) is 6.26. The number of likely N-dealkylation sites (N-methyl/N-ethyl adjacent to an activating group) is 1. The summed E-state index contributed by atoms with van der Waals surface area (Å²) in [4.78, 5) is 15.3. The van der Waals surface area contributed by atoms with E-state index in [1.807, 2.05) is 6.07 Å². The molecule has 0 spiro atoms. The molecule has 8 heteroatoms. The van der Waals surface area contributed by atoms with Crippen LogP contribution in [0.4, 0.5) is 0 Å². The topological polar surface area (TPSA) is 82.1 Å². The molecule has 0 fully saturated rings. The number of esters is 1. The summed E-state index contributed by atoms with van der Waals surface area (Å²) in [5.41, 5.74) is 0.629. The first-order chi connectivity index (χ1) is 15.7. The van der Waals surface area contributed by atoms with Gasteiger partial charge in [-0.3, -0.25) is 4.79 Å². The molecule has 0 amide bonds. The standard InChI is InChI=1S/C25H35NO6S/c1-6-26(7-2)17-18-32-23-12-10-9-11-20(23)19-25(4,24(27)31-8-3)33(28,29)22-15-13-21(30-5)14-16-22/h9-16H,6-8,17-19H2,1-5H3. The van der Waals surface area contributed by atoms with Crippen molar-refractivity contribution in [2.45, 2.75) is 43.8 Å². The maximum atomic E-state index is 13.7. The van der Waals surface area contributed by atoms with Gasteiger partial charge in [0.1, 0.15) is 18.1 Å². The van der Waals surface area contributed by atoms with Gasteiger partial charge in [0, 0.05) is 13.0 Å². The molecule has 7 nitrogen and oxygen atoms in total. The van der Waals surface area contributed by atoms with E-state index in [4.69, 9.17) is 14.2 Å². The van der Waals surface area contributed by atoms with Crippen LogP contribution in [0.3, 0.4) is 0 Å². The van der Waals surface area contributed by atoms with Gasteiger partial charge >= 0.3 is 5.97 Å². The van der Waals surface area contributed by atoms with Gasteiger partial charge in [0.25, 0.3) is 0 Å². The molecule has 0 N–H and O–H groups in total. The molecule has 0 aliphatic rings. The van der Waals surface area contributed by atoms with E-state index in [9.17, 15) is 13.2 Å². The molecule has 0 aromatic heterocycles. The fourth-order valence-corrected chi connectivity index (χ4v) is 5.19. The summed E-state index contributed by atoms with van der Waals surface area (Å²) in [7, 11) is -2.59. The van der Waals surface area contributed by atoms with E-state index in [0.29, 0.717) is 23.7 Å². The Morgan fingerprint density at radius 3 is 2.21 bits per heavy atom. The number of carbonyl (C=O) groups is 1. The number of carbonyl (C=O) groups excluding carboxylic acids is 1. The summed E-state index contributed by atoms with van der Waals surface area (Å²) in [6.45, 7) is 10.4. The van der Waals surface area contributed by atoms with E-state index < -0.39 is 20.6 Å². The highest BCUT2D eigenvalue weighted by molar-refractivity contribution is 7.93. The van der Waals surface area contributed by atoms with Crippen molar-refractivity contribution in [3.8, 4) is 11.5 Å². The van der Waals surface area contributed by atoms with Gasteiger partial charge in [-0.15, -0.1) is 0 Å². The summed E-state index contributed by atoms with van der Waals surface area (Å²) in [5, 5.41) is 0. The number of sulfone groups is 1. The van der Waals surface area contributed by atoms with Crippen LogP contribution in [0.2, 0.25) is 0 Å². The summed E-state index contributed by atoms with van der Waals surface area (Å²) in [6.07, 6.45) is -0.0817. The van der Waals surface area contributed by atoms with E-state index in [0.717, 1.165) is 19.6 Å². The van der Waals surface area contributed by atoms with Crippen molar-refractivity contribution < 1.29 is 27.4 Å². The first kappa shape index (κ1) is 26.7. The van der Waals surface area contributed by atoms with Crippen LogP contribution in [0.25, 0.3) is 0 Å². The van der Waals surface area contributed by atoms with Crippen molar-refractivity contribution in [2.24, 2.45) is 0 Å². The van der Waals surface area contributed by atoms with Crippen LogP contribution in [0, 0.1) is 0 Å². The number of hydrogen-bond donors (Lipinski definition) is 0. The predicted octanol–water partition coefficient (Wildman–Crippen LogP) is 3.75. The molecule has 0 saturated heterocycles. The molecule has 0 aliphatic heterocycles. The molecule has 2 aromatic carbocycles. The van der Waals surface area contributed by atoms with Gasteiger partial charge in [-0.1, -0.05) is 32.0 Å². The zero-order valence-corrected chi connectivity index (χ0v) is 21.0. The highest BCUT2D eigenvalue weighted by Crippen LogP contribution is 2.34. The Balaban J connectivity index is 2.40. The molecule has 2 aromatic rings. The van der Waals surface area contributed by atoms with E-state index >= 15 is 0 Å². The molecular weight excluding hydrogens is 442 g/mol. The van der Waals surface area contributed by atoms with Gasteiger partial charge in [-0.05, 0) is 62.8 Å². The Morgan fingerprint density at radius 2 is 1.64 bits per heavy atom. The van der Waals surface area contributed by atoms with Crippen LogP contribution in [-0.4, -0.2) is 64.0 Å². The fraction of sp³-hybridized carbons (Fsp3) is 0.480. The van der Waals surface area contributed by atoms with Crippen LogP contribution < -0.4 is 9.47 Å². The Bertz CT molecular complexity index is 1000. The Kier molecular flexibility index (Phi) is 9.73.